The Kier molecular flexibility index (Phi) is 4.98. The zero-order chi connectivity index (χ0) is 14.6. The van der Waals surface area contributed by atoms with Gasteiger partial charge in [0.05, 0.1) is 0 Å². The van der Waals surface area contributed by atoms with Crippen LogP contribution in [0, 0.1) is 5.92 Å². The van der Waals surface area contributed by atoms with E-state index >= 15 is 0 Å². The lowest BCUT2D eigenvalue weighted by atomic mass is 9.79. The highest BCUT2D eigenvalue weighted by Crippen LogP contribution is 2.36. The number of hydrogen-bond acceptors (Lipinski definition) is 5. The molecule has 1 fully saturated rings. The summed E-state index contributed by atoms with van der Waals surface area (Å²) < 4.78 is 45.5. The maximum Gasteiger partial charge on any atom is 0.411 e. The van der Waals surface area contributed by atoms with Crippen molar-refractivity contribution in [3.8, 4) is 0 Å². The summed E-state index contributed by atoms with van der Waals surface area (Å²) in [6.07, 6.45) is -0.200. The van der Waals surface area contributed by atoms with E-state index in [1.54, 1.807) is 0 Å². The summed E-state index contributed by atoms with van der Waals surface area (Å²) in [5.74, 6) is 1.02. The van der Waals surface area contributed by atoms with E-state index in [9.17, 15) is 13.2 Å². The molecule has 0 spiro atoms. The molecule has 1 aromatic heterocycles. The third kappa shape index (κ3) is 4.17. The largest absolute Gasteiger partial charge is 0.411 e. The van der Waals surface area contributed by atoms with Crippen molar-refractivity contribution in [1.29, 1.82) is 0 Å². The molecular formula is C12H18F3N3O2. The second kappa shape index (κ2) is 6.53. The predicted octanol–water partition coefficient (Wildman–Crippen LogP) is 2.38. The molecule has 114 valence electrons. The van der Waals surface area contributed by atoms with Crippen LogP contribution in [-0.4, -0.2) is 29.5 Å². The fourth-order valence-corrected chi connectivity index (χ4v) is 2.55. The summed E-state index contributed by atoms with van der Waals surface area (Å²) in [6, 6.07) is 0. The van der Waals surface area contributed by atoms with E-state index in [0.717, 1.165) is 25.7 Å². The molecule has 8 heteroatoms. The Labute approximate surface area is 114 Å². The molecule has 1 heterocycles. The lowest BCUT2D eigenvalue weighted by molar-refractivity contribution is -0.177. The van der Waals surface area contributed by atoms with Crippen molar-refractivity contribution >= 4 is 0 Å². The van der Waals surface area contributed by atoms with Crippen LogP contribution in [0.5, 0.6) is 0 Å². The van der Waals surface area contributed by atoms with Crippen molar-refractivity contribution in [3.05, 3.63) is 11.7 Å². The number of ether oxygens (including phenoxy) is 1. The second-order valence-electron chi connectivity index (χ2n) is 5.04. The van der Waals surface area contributed by atoms with Gasteiger partial charge in [-0.1, -0.05) is 18.0 Å². The molecule has 0 bridgehead atoms. The van der Waals surface area contributed by atoms with E-state index in [2.05, 4.69) is 14.9 Å². The van der Waals surface area contributed by atoms with Gasteiger partial charge in [-0.15, -0.1) is 0 Å². The maximum absolute atomic E-state index is 11.9. The highest BCUT2D eigenvalue weighted by atomic mass is 19.4. The lowest BCUT2D eigenvalue weighted by Gasteiger charge is -2.27. The smallest absolute Gasteiger partial charge is 0.364 e. The summed E-state index contributed by atoms with van der Waals surface area (Å²) in [5, 5.41) is 3.66. The molecule has 2 rings (SSSR count). The first-order chi connectivity index (χ1) is 9.49. The summed E-state index contributed by atoms with van der Waals surface area (Å²) >= 11 is 0. The first kappa shape index (κ1) is 15.2. The highest BCUT2D eigenvalue weighted by Gasteiger charge is 2.30. The van der Waals surface area contributed by atoms with Crippen LogP contribution in [0.1, 0.15) is 43.3 Å². The number of aromatic nitrogens is 2. The molecule has 2 N–H and O–H groups in total. The van der Waals surface area contributed by atoms with Gasteiger partial charge in [0, 0.05) is 5.92 Å². The van der Waals surface area contributed by atoms with Gasteiger partial charge in [-0.25, -0.2) is 0 Å². The van der Waals surface area contributed by atoms with E-state index in [0.29, 0.717) is 18.4 Å². The van der Waals surface area contributed by atoms with Gasteiger partial charge in [0.25, 0.3) is 0 Å². The molecule has 1 aliphatic carbocycles. The van der Waals surface area contributed by atoms with Crippen molar-refractivity contribution in [2.24, 2.45) is 11.7 Å². The SMILES string of the molecule is NCC1CCCCC1c1nc(COCC(F)(F)F)no1. The van der Waals surface area contributed by atoms with Crippen molar-refractivity contribution in [2.75, 3.05) is 13.2 Å². The number of nitrogens with zero attached hydrogens (tertiary/aromatic N) is 2. The minimum atomic E-state index is -4.35. The molecule has 1 aromatic rings. The third-order valence-electron chi connectivity index (χ3n) is 3.51. The minimum Gasteiger partial charge on any atom is -0.364 e. The van der Waals surface area contributed by atoms with Crippen molar-refractivity contribution in [2.45, 2.75) is 44.4 Å². The zero-order valence-electron chi connectivity index (χ0n) is 11.0. The molecule has 0 aromatic carbocycles. The van der Waals surface area contributed by atoms with Gasteiger partial charge in [-0.2, -0.15) is 18.2 Å². The Morgan fingerprint density at radius 3 is 2.75 bits per heavy atom. The lowest BCUT2D eigenvalue weighted by Crippen LogP contribution is -2.25. The number of hydrogen-bond donors (Lipinski definition) is 1. The second-order valence-corrected chi connectivity index (χ2v) is 5.04. The Balaban J connectivity index is 1.91. The Hall–Kier alpha value is -1.15. The first-order valence-corrected chi connectivity index (χ1v) is 6.66. The minimum absolute atomic E-state index is 0.109. The normalized spacial score (nSPS) is 24.0. The number of alkyl halides is 3. The molecule has 0 saturated heterocycles. The average Bonchev–Trinajstić information content (AvgIpc) is 2.86. The Morgan fingerprint density at radius 1 is 1.30 bits per heavy atom. The van der Waals surface area contributed by atoms with Crippen LogP contribution >= 0.6 is 0 Å². The summed E-state index contributed by atoms with van der Waals surface area (Å²) in [6.45, 7) is -1.07. The van der Waals surface area contributed by atoms with Gasteiger partial charge in [0.2, 0.25) is 5.89 Å². The van der Waals surface area contributed by atoms with Gasteiger partial charge in [-0.3, -0.25) is 0 Å². The molecule has 0 radical (unpaired) electrons. The van der Waals surface area contributed by atoms with Crippen LogP contribution in [-0.2, 0) is 11.3 Å². The van der Waals surface area contributed by atoms with E-state index in [4.69, 9.17) is 10.3 Å². The van der Waals surface area contributed by atoms with Gasteiger partial charge in [0.15, 0.2) is 5.82 Å². The Bertz CT molecular complexity index is 422. The highest BCUT2D eigenvalue weighted by molar-refractivity contribution is 4.98. The van der Waals surface area contributed by atoms with Gasteiger partial charge >= 0.3 is 6.18 Å². The van der Waals surface area contributed by atoms with Crippen LogP contribution < -0.4 is 5.73 Å². The van der Waals surface area contributed by atoms with Crippen molar-refractivity contribution in [1.82, 2.24) is 10.1 Å². The number of halogens is 3. The molecular weight excluding hydrogens is 275 g/mol. The van der Waals surface area contributed by atoms with Gasteiger partial charge in [0.1, 0.15) is 13.2 Å². The van der Waals surface area contributed by atoms with Crippen LogP contribution in [0.15, 0.2) is 4.52 Å². The zero-order valence-corrected chi connectivity index (χ0v) is 11.0. The summed E-state index contributed by atoms with van der Waals surface area (Å²) in [4.78, 5) is 4.13. The van der Waals surface area contributed by atoms with Crippen molar-refractivity contribution < 1.29 is 22.4 Å². The van der Waals surface area contributed by atoms with Gasteiger partial charge < -0.3 is 15.0 Å². The van der Waals surface area contributed by atoms with E-state index < -0.39 is 12.8 Å². The molecule has 0 aliphatic heterocycles. The van der Waals surface area contributed by atoms with Crippen LogP contribution in [0.2, 0.25) is 0 Å². The molecule has 0 amide bonds. The first-order valence-electron chi connectivity index (χ1n) is 6.66. The summed E-state index contributed by atoms with van der Waals surface area (Å²) in [7, 11) is 0. The predicted molar refractivity (Wildman–Crippen MR) is 63.8 cm³/mol. The van der Waals surface area contributed by atoms with Gasteiger partial charge in [-0.05, 0) is 25.3 Å². The number of rotatable bonds is 5. The average molecular weight is 293 g/mol. The fraction of sp³-hybridized carbons (Fsp3) is 0.833. The fourth-order valence-electron chi connectivity index (χ4n) is 2.55. The molecule has 1 saturated carbocycles. The van der Waals surface area contributed by atoms with Crippen LogP contribution in [0.4, 0.5) is 13.2 Å². The van der Waals surface area contributed by atoms with E-state index in [1.807, 2.05) is 0 Å². The summed E-state index contributed by atoms with van der Waals surface area (Å²) in [5.41, 5.74) is 5.73. The van der Waals surface area contributed by atoms with Crippen molar-refractivity contribution in [3.63, 3.8) is 0 Å². The molecule has 2 atom stereocenters. The standard InChI is InChI=1S/C12H18F3N3O2/c13-12(14,15)7-19-6-10-17-11(20-18-10)9-4-2-1-3-8(9)5-16/h8-9H,1-7,16H2. The molecule has 1 aliphatic rings. The Morgan fingerprint density at radius 2 is 2.05 bits per heavy atom. The van der Waals surface area contributed by atoms with E-state index in [1.165, 1.54) is 0 Å². The third-order valence-corrected chi connectivity index (χ3v) is 3.51. The maximum atomic E-state index is 11.9. The molecule has 20 heavy (non-hydrogen) atoms. The molecule has 5 nitrogen and oxygen atoms in total. The monoisotopic (exact) mass is 293 g/mol. The quantitative estimate of drug-likeness (QED) is 0.902. The molecule has 2 unspecified atom stereocenters. The van der Waals surface area contributed by atoms with Crippen LogP contribution in [0.3, 0.4) is 0 Å². The topological polar surface area (TPSA) is 74.2 Å². The van der Waals surface area contributed by atoms with Crippen LogP contribution in [0.25, 0.3) is 0 Å². The number of nitrogens with two attached hydrogens (primary N) is 1. The van der Waals surface area contributed by atoms with E-state index in [-0.39, 0.29) is 18.3 Å².